The van der Waals surface area contributed by atoms with Crippen molar-refractivity contribution in [1.29, 1.82) is 0 Å². The first-order valence-electron chi connectivity index (χ1n) is 7.11. The molecule has 2 atom stereocenters. The highest BCUT2D eigenvalue weighted by Gasteiger charge is 2.55. The Morgan fingerprint density at radius 2 is 1.86 bits per heavy atom. The molecule has 1 amide bonds. The molecule has 3 nitrogen and oxygen atoms in total. The number of carbonyl (C=O) groups is 1. The van der Waals surface area contributed by atoms with Crippen molar-refractivity contribution in [3.05, 3.63) is 64.7 Å². The van der Waals surface area contributed by atoms with Gasteiger partial charge in [-0.3, -0.25) is 4.79 Å². The highest BCUT2D eigenvalue weighted by Crippen LogP contribution is 2.50. The van der Waals surface area contributed by atoms with Crippen molar-refractivity contribution >= 4 is 23.2 Å². The van der Waals surface area contributed by atoms with Crippen LogP contribution in [0.1, 0.15) is 23.6 Å². The van der Waals surface area contributed by atoms with Gasteiger partial charge >= 0.3 is 0 Å². The van der Waals surface area contributed by atoms with Gasteiger partial charge in [-0.05, 0) is 42.3 Å². The van der Waals surface area contributed by atoms with E-state index in [2.05, 4.69) is 16.7 Å². The molecule has 0 aromatic heterocycles. The van der Waals surface area contributed by atoms with E-state index in [1.54, 1.807) is 0 Å². The zero-order valence-electron chi connectivity index (χ0n) is 11.4. The summed E-state index contributed by atoms with van der Waals surface area (Å²) >= 11 is 5.98. The Kier molecular flexibility index (Phi) is 2.81. The molecule has 2 heterocycles. The lowest BCUT2D eigenvalue weighted by Gasteiger charge is -2.29. The van der Waals surface area contributed by atoms with Crippen LogP contribution >= 0.6 is 11.6 Å². The van der Waals surface area contributed by atoms with Crippen LogP contribution in [-0.2, 0) is 10.2 Å². The second-order valence-corrected chi connectivity index (χ2v) is 6.10. The number of anilines is 1. The third kappa shape index (κ3) is 1.74. The number of hydrogen-bond donors (Lipinski definition) is 2. The molecule has 2 aromatic rings. The maximum Gasteiger partial charge on any atom is 0.237 e. The van der Waals surface area contributed by atoms with Crippen LogP contribution in [0.5, 0.6) is 0 Å². The van der Waals surface area contributed by atoms with E-state index < -0.39 is 5.41 Å². The van der Waals surface area contributed by atoms with Gasteiger partial charge < -0.3 is 10.6 Å². The molecular weight excluding hydrogens is 284 g/mol. The summed E-state index contributed by atoms with van der Waals surface area (Å²) in [6.07, 6.45) is 0.809. The van der Waals surface area contributed by atoms with Gasteiger partial charge in [0, 0.05) is 10.7 Å². The Bertz CT molecular complexity index is 713. The number of halogens is 1. The predicted octanol–water partition coefficient (Wildman–Crippen LogP) is 3.26. The second-order valence-electron chi connectivity index (χ2n) is 5.66. The SMILES string of the molecule is O=C1Nc2ccccc2[C@@]12CCN[C@H]2c1ccc(Cl)cc1. The zero-order valence-corrected chi connectivity index (χ0v) is 12.2. The normalized spacial score (nSPS) is 26.9. The number of nitrogens with one attached hydrogen (secondary N) is 2. The molecule has 2 aromatic carbocycles. The lowest BCUT2D eigenvalue weighted by molar-refractivity contribution is -0.121. The van der Waals surface area contributed by atoms with Crippen molar-refractivity contribution in [2.75, 3.05) is 11.9 Å². The largest absolute Gasteiger partial charge is 0.325 e. The first-order valence-corrected chi connectivity index (χ1v) is 7.49. The summed E-state index contributed by atoms with van der Waals surface area (Å²) in [5, 5.41) is 7.24. The van der Waals surface area contributed by atoms with Crippen LogP contribution in [0, 0.1) is 0 Å². The molecule has 0 aliphatic carbocycles. The third-order valence-corrected chi connectivity index (χ3v) is 4.88. The van der Waals surface area contributed by atoms with E-state index in [0.29, 0.717) is 5.02 Å². The van der Waals surface area contributed by atoms with Gasteiger partial charge in [0.25, 0.3) is 0 Å². The summed E-state index contributed by atoms with van der Waals surface area (Å²) in [4.78, 5) is 12.7. The fraction of sp³-hybridized carbons (Fsp3) is 0.235. The minimum absolute atomic E-state index is 0.0154. The van der Waals surface area contributed by atoms with E-state index >= 15 is 0 Å². The fourth-order valence-electron chi connectivity index (χ4n) is 3.66. The first kappa shape index (κ1) is 12.9. The molecule has 0 bridgehead atoms. The van der Waals surface area contributed by atoms with Gasteiger partial charge in [0.05, 0.1) is 11.5 Å². The maximum atomic E-state index is 12.7. The van der Waals surface area contributed by atoms with Gasteiger partial charge in [0.2, 0.25) is 5.91 Å². The highest BCUT2D eigenvalue weighted by atomic mass is 35.5. The van der Waals surface area contributed by atoms with Crippen LogP contribution in [0.15, 0.2) is 48.5 Å². The van der Waals surface area contributed by atoms with Crippen molar-refractivity contribution in [1.82, 2.24) is 5.32 Å². The lowest BCUT2D eigenvalue weighted by Crippen LogP contribution is -2.39. The van der Waals surface area contributed by atoms with Gasteiger partial charge in [-0.25, -0.2) is 0 Å². The van der Waals surface area contributed by atoms with Crippen molar-refractivity contribution in [2.24, 2.45) is 0 Å². The minimum atomic E-state index is -0.510. The summed E-state index contributed by atoms with van der Waals surface area (Å²) < 4.78 is 0. The van der Waals surface area contributed by atoms with Crippen LogP contribution in [0.3, 0.4) is 0 Å². The minimum Gasteiger partial charge on any atom is -0.325 e. The van der Waals surface area contributed by atoms with Gasteiger partial charge in [-0.1, -0.05) is 41.9 Å². The molecule has 4 rings (SSSR count). The Balaban J connectivity index is 1.86. The van der Waals surface area contributed by atoms with Crippen molar-refractivity contribution in [3.8, 4) is 0 Å². The standard InChI is InChI=1S/C17H15ClN2O/c18-12-7-5-11(6-8-12)15-17(9-10-19-15)13-3-1-2-4-14(13)20-16(17)21/h1-8,15,19H,9-10H2,(H,20,21)/t15-,17+/m0/s1. The number of amides is 1. The molecule has 0 unspecified atom stereocenters. The van der Waals surface area contributed by atoms with Crippen LogP contribution in [-0.4, -0.2) is 12.5 Å². The monoisotopic (exact) mass is 298 g/mol. The smallest absolute Gasteiger partial charge is 0.237 e. The second kappa shape index (κ2) is 4.58. The molecule has 0 saturated carbocycles. The Morgan fingerprint density at radius 1 is 1.10 bits per heavy atom. The van der Waals surface area contributed by atoms with E-state index in [1.165, 1.54) is 0 Å². The first-order chi connectivity index (χ1) is 10.2. The molecule has 2 aliphatic rings. The van der Waals surface area contributed by atoms with E-state index in [-0.39, 0.29) is 11.9 Å². The van der Waals surface area contributed by atoms with Crippen LogP contribution in [0.25, 0.3) is 0 Å². The number of fused-ring (bicyclic) bond motifs is 2. The summed E-state index contributed by atoms with van der Waals surface area (Å²) in [6, 6.07) is 15.7. The van der Waals surface area contributed by atoms with Gasteiger partial charge in [0.15, 0.2) is 0 Å². The summed E-state index contributed by atoms with van der Waals surface area (Å²) in [5.41, 5.74) is 2.62. The van der Waals surface area contributed by atoms with E-state index in [0.717, 1.165) is 29.8 Å². The van der Waals surface area contributed by atoms with Gasteiger partial charge in [0.1, 0.15) is 0 Å². The molecule has 1 fully saturated rings. The van der Waals surface area contributed by atoms with E-state index in [1.807, 2.05) is 42.5 Å². The summed E-state index contributed by atoms with van der Waals surface area (Å²) in [5.74, 6) is 0.0913. The average Bonchev–Trinajstić information content (AvgIpc) is 3.05. The topological polar surface area (TPSA) is 41.1 Å². The molecule has 106 valence electrons. The Hall–Kier alpha value is -1.84. The van der Waals surface area contributed by atoms with E-state index in [4.69, 9.17) is 11.6 Å². The van der Waals surface area contributed by atoms with Crippen molar-refractivity contribution in [2.45, 2.75) is 17.9 Å². The van der Waals surface area contributed by atoms with Gasteiger partial charge in [-0.15, -0.1) is 0 Å². The van der Waals surface area contributed by atoms with Crippen molar-refractivity contribution < 1.29 is 4.79 Å². The number of rotatable bonds is 1. The number of hydrogen-bond acceptors (Lipinski definition) is 2. The van der Waals surface area contributed by atoms with Crippen LogP contribution < -0.4 is 10.6 Å². The van der Waals surface area contributed by atoms with Crippen LogP contribution in [0.4, 0.5) is 5.69 Å². The lowest BCUT2D eigenvalue weighted by atomic mass is 9.73. The van der Waals surface area contributed by atoms with E-state index in [9.17, 15) is 4.79 Å². The molecule has 1 saturated heterocycles. The molecule has 0 radical (unpaired) electrons. The molecular formula is C17H15ClN2O. The molecule has 2 aliphatic heterocycles. The average molecular weight is 299 g/mol. The highest BCUT2D eigenvalue weighted by molar-refractivity contribution is 6.30. The number of para-hydroxylation sites is 1. The van der Waals surface area contributed by atoms with Gasteiger partial charge in [-0.2, -0.15) is 0 Å². The number of carbonyl (C=O) groups excluding carboxylic acids is 1. The number of benzene rings is 2. The Morgan fingerprint density at radius 3 is 2.67 bits per heavy atom. The molecule has 1 spiro atoms. The molecule has 21 heavy (non-hydrogen) atoms. The third-order valence-electron chi connectivity index (χ3n) is 4.63. The summed E-state index contributed by atoms with van der Waals surface area (Å²) in [6.45, 7) is 0.828. The fourth-order valence-corrected chi connectivity index (χ4v) is 3.79. The maximum absolute atomic E-state index is 12.7. The van der Waals surface area contributed by atoms with Crippen molar-refractivity contribution in [3.63, 3.8) is 0 Å². The Labute approximate surface area is 128 Å². The summed E-state index contributed by atoms with van der Waals surface area (Å²) in [7, 11) is 0. The quantitative estimate of drug-likeness (QED) is 0.848. The zero-order chi connectivity index (χ0) is 14.4. The molecule has 4 heteroatoms. The predicted molar refractivity (Wildman–Crippen MR) is 83.6 cm³/mol. The molecule has 2 N–H and O–H groups in total. The van der Waals surface area contributed by atoms with Crippen LogP contribution in [0.2, 0.25) is 5.02 Å².